The first-order valence-corrected chi connectivity index (χ1v) is 4.20. The Labute approximate surface area is 75.9 Å². The highest BCUT2D eigenvalue weighted by atomic mass is 16.2. The second-order valence-corrected chi connectivity index (χ2v) is 3.48. The average molecular weight is 180 g/mol. The Balaban J connectivity index is 2.02. The smallest absolute Gasteiger partial charge is 0.245 e. The number of hydrogen-bond acceptors (Lipinski definition) is 3. The fourth-order valence-electron chi connectivity index (χ4n) is 1.08. The summed E-state index contributed by atoms with van der Waals surface area (Å²) in [4.78, 5) is 11.4. The molecule has 13 heavy (non-hydrogen) atoms. The molecule has 1 heterocycles. The minimum Gasteiger partial charge on any atom is -0.317 e. The molecule has 70 valence electrons. The highest BCUT2D eigenvalue weighted by molar-refractivity contribution is 5.99. The van der Waals surface area contributed by atoms with Crippen molar-refractivity contribution in [2.75, 3.05) is 5.32 Å². The molecule has 3 N–H and O–H groups in total. The molecule has 0 aliphatic heterocycles. The second kappa shape index (κ2) is 2.56. The summed E-state index contributed by atoms with van der Waals surface area (Å²) in [5, 5.41) is 6.69. The Bertz CT molecular complexity index is 340. The molecule has 0 atom stereocenters. The molecule has 0 unspecified atom stereocenters. The topological polar surface area (TPSA) is 72.9 Å². The molecule has 0 radical (unpaired) electrons. The molecule has 1 aliphatic rings. The number of carbonyl (C=O) groups excluding carboxylic acids is 1. The summed E-state index contributed by atoms with van der Waals surface area (Å²) in [7, 11) is 1.80. The van der Waals surface area contributed by atoms with Crippen LogP contribution < -0.4 is 11.1 Å². The SMILES string of the molecule is Cn1ccc(NC(=O)C2(N)CC2)n1. The van der Waals surface area contributed by atoms with Crippen molar-refractivity contribution in [2.24, 2.45) is 12.8 Å². The Morgan fingerprint density at radius 3 is 2.92 bits per heavy atom. The number of nitrogens with two attached hydrogens (primary N) is 1. The van der Waals surface area contributed by atoms with Gasteiger partial charge in [-0.05, 0) is 12.8 Å². The van der Waals surface area contributed by atoms with Crippen LogP contribution in [0.4, 0.5) is 5.82 Å². The first-order valence-electron chi connectivity index (χ1n) is 4.20. The average Bonchev–Trinajstić information content (AvgIpc) is 2.69. The van der Waals surface area contributed by atoms with Gasteiger partial charge in [0.05, 0.1) is 5.54 Å². The normalized spacial score (nSPS) is 18.3. The highest BCUT2D eigenvalue weighted by Gasteiger charge is 2.46. The number of anilines is 1. The molecular formula is C8H12N4O. The van der Waals surface area contributed by atoms with Crippen LogP contribution in [0.25, 0.3) is 0 Å². The number of rotatable bonds is 2. The largest absolute Gasteiger partial charge is 0.317 e. The van der Waals surface area contributed by atoms with Gasteiger partial charge in [0.25, 0.3) is 0 Å². The Kier molecular flexibility index (Phi) is 1.63. The summed E-state index contributed by atoms with van der Waals surface area (Å²) in [6, 6.07) is 1.74. The van der Waals surface area contributed by atoms with Gasteiger partial charge in [-0.3, -0.25) is 9.48 Å². The molecule has 0 bridgehead atoms. The van der Waals surface area contributed by atoms with E-state index in [-0.39, 0.29) is 5.91 Å². The van der Waals surface area contributed by atoms with Crippen LogP contribution in [-0.4, -0.2) is 21.2 Å². The molecule has 1 amide bonds. The van der Waals surface area contributed by atoms with Crippen molar-refractivity contribution in [1.82, 2.24) is 9.78 Å². The molecule has 1 fully saturated rings. The van der Waals surface area contributed by atoms with Crippen molar-refractivity contribution in [3.8, 4) is 0 Å². The first-order chi connectivity index (χ1) is 6.10. The number of nitrogens with one attached hydrogen (secondary N) is 1. The Hall–Kier alpha value is -1.36. The number of aryl methyl sites for hydroxylation is 1. The number of nitrogens with zero attached hydrogens (tertiary/aromatic N) is 2. The van der Waals surface area contributed by atoms with Gasteiger partial charge in [0.2, 0.25) is 5.91 Å². The monoisotopic (exact) mass is 180 g/mol. The van der Waals surface area contributed by atoms with Gasteiger partial charge in [-0.1, -0.05) is 0 Å². The molecule has 1 aromatic rings. The number of aromatic nitrogens is 2. The predicted molar refractivity (Wildman–Crippen MR) is 48.0 cm³/mol. The van der Waals surface area contributed by atoms with E-state index in [1.54, 1.807) is 24.0 Å². The predicted octanol–water partition coefficient (Wildman–Crippen LogP) is -0.150. The molecule has 1 aromatic heterocycles. The lowest BCUT2D eigenvalue weighted by atomic mass is 10.3. The van der Waals surface area contributed by atoms with Crippen molar-refractivity contribution < 1.29 is 4.79 Å². The Morgan fingerprint density at radius 1 is 1.77 bits per heavy atom. The van der Waals surface area contributed by atoms with E-state index in [2.05, 4.69) is 10.4 Å². The standard InChI is InChI=1S/C8H12N4O/c1-12-5-2-6(11-12)10-7(13)8(9)3-4-8/h2,5H,3-4,9H2,1H3,(H,10,11,13). The maximum Gasteiger partial charge on any atom is 0.245 e. The van der Waals surface area contributed by atoms with E-state index in [0.29, 0.717) is 5.82 Å². The van der Waals surface area contributed by atoms with E-state index >= 15 is 0 Å². The summed E-state index contributed by atoms with van der Waals surface area (Å²) in [5.41, 5.74) is 5.07. The zero-order chi connectivity index (χ0) is 9.47. The first kappa shape index (κ1) is 8.25. The van der Waals surface area contributed by atoms with Crippen molar-refractivity contribution in [2.45, 2.75) is 18.4 Å². The quantitative estimate of drug-likeness (QED) is 0.664. The van der Waals surface area contributed by atoms with Crippen molar-refractivity contribution in [3.63, 3.8) is 0 Å². The number of carbonyl (C=O) groups is 1. The van der Waals surface area contributed by atoms with Gasteiger partial charge >= 0.3 is 0 Å². The summed E-state index contributed by atoms with van der Waals surface area (Å²) in [6.07, 6.45) is 3.31. The fourth-order valence-corrected chi connectivity index (χ4v) is 1.08. The van der Waals surface area contributed by atoms with Crippen molar-refractivity contribution in [1.29, 1.82) is 0 Å². The van der Waals surface area contributed by atoms with Crippen LogP contribution in [0, 0.1) is 0 Å². The molecule has 1 saturated carbocycles. The van der Waals surface area contributed by atoms with Gasteiger partial charge in [0, 0.05) is 19.3 Å². The van der Waals surface area contributed by atoms with Crippen LogP contribution in [0.1, 0.15) is 12.8 Å². The molecule has 5 nitrogen and oxygen atoms in total. The summed E-state index contributed by atoms with van der Waals surface area (Å²) < 4.78 is 1.63. The van der Waals surface area contributed by atoms with E-state index in [0.717, 1.165) is 12.8 Å². The fraction of sp³-hybridized carbons (Fsp3) is 0.500. The van der Waals surface area contributed by atoms with Gasteiger partial charge < -0.3 is 11.1 Å². The zero-order valence-electron chi connectivity index (χ0n) is 7.45. The molecule has 2 rings (SSSR count). The third-order valence-electron chi connectivity index (χ3n) is 2.20. The van der Waals surface area contributed by atoms with Crippen molar-refractivity contribution in [3.05, 3.63) is 12.3 Å². The van der Waals surface area contributed by atoms with Crippen LogP contribution in [0.5, 0.6) is 0 Å². The summed E-state index contributed by atoms with van der Waals surface area (Å²) in [5.74, 6) is 0.426. The third kappa shape index (κ3) is 1.55. The minimum absolute atomic E-state index is 0.133. The summed E-state index contributed by atoms with van der Waals surface area (Å²) >= 11 is 0. The number of amides is 1. The zero-order valence-corrected chi connectivity index (χ0v) is 7.45. The second-order valence-electron chi connectivity index (χ2n) is 3.48. The molecular weight excluding hydrogens is 168 g/mol. The van der Waals surface area contributed by atoms with Crippen LogP contribution in [0.3, 0.4) is 0 Å². The van der Waals surface area contributed by atoms with Gasteiger partial charge in [-0.25, -0.2) is 0 Å². The maximum absolute atomic E-state index is 11.4. The van der Waals surface area contributed by atoms with Gasteiger partial charge in [0.1, 0.15) is 0 Å². The molecule has 0 aromatic carbocycles. The van der Waals surface area contributed by atoms with Crippen LogP contribution in [0.15, 0.2) is 12.3 Å². The minimum atomic E-state index is -0.627. The Morgan fingerprint density at radius 2 is 2.46 bits per heavy atom. The van der Waals surface area contributed by atoms with Crippen LogP contribution >= 0.6 is 0 Å². The molecule has 1 aliphatic carbocycles. The molecule has 5 heteroatoms. The van der Waals surface area contributed by atoms with Crippen molar-refractivity contribution >= 4 is 11.7 Å². The van der Waals surface area contributed by atoms with E-state index in [4.69, 9.17) is 5.73 Å². The molecule has 0 spiro atoms. The van der Waals surface area contributed by atoms with E-state index in [9.17, 15) is 4.79 Å². The van der Waals surface area contributed by atoms with E-state index in [1.165, 1.54) is 0 Å². The lowest BCUT2D eigenvalue weighted by molar-refractivity contribution is -0.118. The van der Waals surface area contributed by atoms with Gasteiger partial charge in [-0.15, -0.1) is 0 Å². The van der Waals surface area contributed by atoms with Gasteiger partial charge in [-0.2, -0.15) is 5.10 Å². The maximum atomic E-state index is 11.4. The lowest BCUT2D eigenvalue weighted by Crippen LogP contribution is -2.37. The molecule has 0 saturated heterocycles. The van der Waals surface area contributed by atoms with Crippen LogP contribution in [0.2, 0.25) is 0 Å². The van der Waals surface area contributed by atoms with Gasteiger partial charge in [0.15, 0.2) is 5.82 Å². The lowest BCUT2D eigenvalue weighted by Gasteiger charge is -2.06. The summed E-state index contributed by atoms with van der Waals surface area (Å²) in [6.45, 7) is 0. The van der Waals surface area contributed by atoms with E-state index in [1.807, 2.05) is 0 Å². The van der Waals surface area contributed by atoms with E-state index < -0.39 is 5.54 Å². The third-order valence-corrected chi connectivity index (χ3v) is 2.20. The highest BCUT2D eigenvalue weighted by Crippen LogP contribution is 2.33. The van der Waals surface area contributed by atoms with Crippen LogP contribution in [-0.2, 0) is 11.8 Å². The number of hydrogen-bond donors (Lipinski definition) is 2.